The van der Waals surface area contributed by atoms with Crippen molar-refractivity contribution in [2.24, 2.45) is 0 Å². The van der Waals surface area contributed by atoms with Gasteiger partial charge in [-0.1, -0.05) is 0 Å². The van der Waals surface area contributed by atoms with Crippen LogP contribution in [0, 0.1) is 0 Å². The molecule has 0 aliphatic rings. The monoisotopic (exact) mass is 352 g/mol. The summed E-state index contributed by atoms with van der Waals surface area (Å²) in [7, 11) is 1.63. The van der Waals surface area contributed by atoms with Gasteiger partial charge in [-0.3, -0.25) is 14.9 Å². The number of amides is 1. The highest BCUT2D eigenvalue weighted by Gasteiger charge is 2.09. The van der Waals surface area contributed by atoms with Crippen LogP contribution in [-0.4, -0.2) is 33.2 Å². The molecule has 8 heteroatoms. The number of hydrogen-bond donors (Lipinski definition) is 3. The van der Waals surface area contributed by atoms with E-state index in [0.29, 0.717) is 24.7 Å². The summed E-state index contributed by atoms with van der Waals surface area (Å²) in [5.41, 5.74) is 1.94. The van der Waals surface area contributed by atoms with Crippen LogP contribution < -0.4 is 15.4 Å². The van der Waals surface area contributed by atoms with Crippen molar-refractivity contribution in [1.82, 2.24) is 25.5 Å². The second-order valence-electron chi connectivity index (χ2n) is 5.59. The molecule has 3 aromatic rings. The van der Waals surface area contributed by atoms with Gasteiger partial charge in [0.25, 0.3) is 0 Å². The van der Waals surface area contributed by atoms with Crippen LogP contribution >= 0.6 is 0 Å². The summed E-state index contributed by atoms with van der Waals surface area (Å²) in [5.74, 6) is 1.80. The number of nitrogens with one attached hydrogen (secondary N) is 3. The first-order chi connectivity index (χ1) is 12.7. The molecular formula is C18H20N6O2. The van der Waals surface area contributed by atoms with Crippen molar-refractivity contribution in [2.45, 2.75) is 19.5 Å². The highest BCUT2D eigenvalue weighted by atomic mass is 16.5. The topological polar surface area (TPSA) is 105 Å². The summed E-state index contributed by atoms with van der Waals surface area (Å²) in [5, 5.41) is 13.0. The van der Waals surface area contributed by atoms with Gasteiger partial charge < -0.3 is 15.4 Å². The molecule has 0 fully saturated rings. The number of ether oxygens (including phenoxy) is 1. The third-order valence-corrected chi connectivity index (χ3v) is 3.69. The molecule has 0 saturated heterocycles. The van der Waals surface area contributed by atoms with Crippen molar-refractivity contribution in [1.29, 1.82) is 0 Å². The molecule has 26 heavy (non-hydrogen) atoms. The zero-order chi connectivity index (χ0) is 18.2. The van der Waals surface area contributed by atoms with Crippen molar-refractivity contribution < 1.29 is 9.53 Å². The maximum Gasteiger partial charge on any atom is 0.228 e. The lowest BCUT2D eigenvalue weighted by molar-refractivity contribution is -0.120. The zero-order valence-corrected chi connectivity index (χ0v) is 14.4. The van der Waals surface area contributed by atoms with E-state index in [2.05, 4.69) is 30.8 Å². The normalized spacial score (nSPS) is 10.3. The SMILES string of the molecule is COc1ccc(NCc2nc(CC(=O)NCc3ccncc3)n[nH]2)cc1. The largest absolute Gasteiger partial charge is 0.497 e. The van der Waals surface area contributed by atoms with Crippen molar-refractivity contribution in [3.63, 3.8) is 0 Å². The van der Waals surface area contributed by atoms with Gasteiger partial charge >= 0.3 is 0 Å². The summed E-state index contributed by atoms with van der Waals surface area (Å²) in [6.07, 6.45) is 3.52. The van der Waals surface area contributed by atoms with Gasteiger partial charge in [0.2, 0.25) is 5.91 Å². The number of nitrogens with zero attached hydrogens (tertiary/aromatic N) is 3. The predicted octanol–water partition coefficient (Wildman–Crippen LogP) is 1.68. The van der Waals surface area contributed by atoms with Gasteiger partial charge in [-0.15, -0.1) is 0 Å². The third kappa shape index (κ3) is 5.04. The first-order valence-corrected chi connectivity index (χ1v) is 8.16. The van der Waals surface area contributed by atoms with E-state index >= 15 is 0 Å². The lowest BCUT2D eigenvalue weighted by atomic mass is 10.2. The Hall–Kier alpha value is -3.42. The molecule has 0 bridgehead atoms. The van der Waals surface area contributed by atoms with Crippen molar-refractivity contribution in [2.75, 3.05) is 12.4 Å². The highest BCUT2D eigenvalue weighted by molar-refractivity contribution is 5.77. The first-order valence-electron chi connectivity index (χ1n) is 8.16. The number of benzene rings is 1. The number of pyridine rings is 1. The molecule has 0 atom stereocenters. The van der Waals surface area contributed by atoms with Gasteiger partial charge in [-0.2, -0.15) is 5.10 Å². The number of carbonyl (C=O) groups excluding carboxylic acids is 1. The minimum Gasteiger partial charge on any atom is -0.497 e. The molecule has 2 aromatic heterocycles. The number of methoxy groups -OCH3 is 1. The van der Waals surface area contributed by atoms with Crippen molar-refractivity contribution in [3.8, 4) is 5.75 Å². The Morgan fingerprint density at radius 2 is 1.88 bits per heavy atom. The molecule has 0 spiro atoms. The maximum absolute atomic E-state index is 12.0. The average molecular weight is 352 g/mol. The van der Waals surface area contributed by atoms with E-state index in [1.807, 2.05) is 36.4 Å². The van der Waals surface area contributed by atoms with Gasteiger partial charge in [0.05, 0.1) is 20.1 Å². The van der Waals surface area contributed by atoms with Crippen LogP contribution in [0.1, 0.15) is 17.2 Å². The lowest BCUT2D eigenvalue weighted by Gasteiger charge is -2.05. The fourth-order valence-electron chi connectivity index (χ4n) is 2.30. The molecule has 3 N–H and O–H groups in total. The molecule has 1 amide bonds. The van der Waals surface area contributed by atoms with E-state index in [-0.39, 0.29) is 12.3 Å². The Labute approximate surface area is 151 Å². The standard InChI is InChI=1S/C18H20N6O2/c1-26-15-4-2-14(3-5-15)20-12-17-22-16(23-24-17)10-18(25)21-11-13-6-8-19-9-7-13/h2-9,20H,10-12H2,1H3,(H,21,25)(H,22,23,24). The summed E-state index contributed by atoms with van der Waals surface area (Å²) in [6, 6.07) is 11.3. The fourth-order valence-corrected chi connectivity index (χ4v) is 2.30. The third-order valence-electron chi connectivity index (χ3n) is 3.69. The van der Waals surface area contributed by atoms with Crippen LogP contribution in [0.4, 0.5) is 5.69 Å². The quantitative estimate of drug-likeness (QED) is 0.570. The van der Waals surface area contributed by atoms with E-state index in [4.69, 9.17) is 4.74 Å². The van der Waals surface area contributed by atoms with E-state index < -0.39 is 0 Å². The molecule has 134 valence electrons. The number of H-pyrrole nitrogens is 1. The van der Waals surface area contributed by atoms with Gasteiger partial charge in [0.1, 0.15) is 11.6 Å². The molecule has 8 nitrogen and oxygen atoms in total. The zero-order valence-electron chi connectivity index (χ0n) is 14.4. The molecule has 0 unspecified atom stereocenters. The lowest BCUT2D eigenvalue weighted by Crippen LogP contribution is -2.25. The summed E-state index contributed by atoms with van der Waals surface area (Å²) in [4.78, 5) is 20.3. The predicted molar refractivity (Wildman–Crippen MR) is 96.5 cm³/mol. The summed E-state index contributed by atoms with van der Waals surface area (Å²) >= 11 is 0. The van der Waals surface area contributed by atoms with Gasteiger partial charge in [-0.05, 0) is 42.0 Å². The molecule has 0 aliphatic carbocycles. The molecule has 1 aromatic carbocycles. The molecule has 2 heterocycles. The van der Waals surface area contributed by atoms with E-state index in [9.17, 15) is 4.79 Å². The van der Waals surface area contributed by atoms with Gasteiger partial charge in [0.15, 0.2) is 5.82 Å². The average Bonchev–Trinajstić information content (AvgIpc) is 3.13. The van der Waals surface area contributed by atoms with E-state index in [1.165, 1.54) is 0 Å². The van der Waals surface area contributed by atoms with Gasteiger partial charge in [0, 0.05) is 24.6 Å². The number of aromatic amines is 1. The summed E-state index contributed by atoms with van der Waals surface area (Å²) in [6.45, 7) is 0.940. The second-order valence-corrected chi connectivity index (χ2v) is 5.59. The molecule has 3 rings (SSSR count). The Morgan fingerprint density at radius 3 is 2.62 bits per heavy atom. The van der Waals surface area contributed by atoms with Crippen LogP contribution in [0.2, 0.25) is 0 Å². The van der Waals surface area contributed by atoms with E-state index in [0.717, 1.165) is 17.0 Å². The minimum atomic E-state index is -0.129. The molecule has 0 radical (unpaired) electrons. The Kier molecular flexibility index (Phi) is 5.76. The molecule has 0 saturated carbocycles. The number of hydrogen-bond acceptors (Lipinski definition) is 6. The molecular weight excluding hydrogens is 332 g/mol. The van der Waals surface area contributed by atoms with Crippen LogP contribution in [0.15, 0.2) is 48.8 Å². The number of anilines is 1. The number of aromatic nitrogens is 4. The highest BCUT2D eigenvalue weighted by Crippen LogP contribution is 2.15. The van der Waals surface area contributed by atoms with Crippen LogP contribution in [-0.2, 0) is 24.3 Å². The van der Waals surface area contributed by atoms with Gasteiger partial charge in [-0.25, -0.2) is 4.98 Å². The fraction of sp³-hybridized carbons (Fsp3) is 0.222. The number of rotatable bonds is 8. The summed E-state index contributed by atoms with van der Waals surface area (Å²) < 4.78 is 5.12. The van der Waals surface area contributed by atoms with E-state index in [1.54, 1.807) is 19.5 Å². The molecule has 0 aliphatic heterocycles. The smallest absolute Gasteiger partial charge is 0.228 e. The minimum absolute atomic E-state index is 0.129. The first kappa shape index (κ1) is 17.4. The van der Waals surface area contributed by atoms with Crippen LogP contribution in [0.3, 0.4) is 0 Å². The Bertz CT molecular complexity index is 832. The number of carbonyl (C=O) groups is 1. The van der Waals surface area contributed by atoms with Crippen LogP contribution in [0.5, 0.6) is 5.75 Å². The second kappa shape index (κ2) is 8.61. The maximum atomic E-state index is 12.0. The Morgan fingerprint density at radius 1 is 1.12 bits per heavy atom. The Balaban J connectivity index is 1.45. The van der Waals surface area contributed by atoms with Crippen LogP contribution in [0.25, 0.3) is 0 Å². The van der Waals surface area contributed by atoms with Crippen molar-refractivity contribution >= 4 is 11.6 Å². The van der Waals surface area contributed by atoms with Crippen molar-refractivity contribution in [3.05, 3.63) is 66.0 Å².